The van der Waals surface area contributed by atoms with Gasteiger partial charge in [-0.2, -0.15) is 0 Å². The van der Waals surface area contributed by atoms with Crippen LogP contribution in [0.2, 0.25) is 0 Å². The van der Waals surface area contributed by atoms with Crippen LogP contribution in [0.25, 0.3) is 0 Å². The molecule has 0 N–H and O–H groups in total. The Labute approximate surface area is 146 Å². The third-order valence-corrected chi connectivity index (χ3v) is 5.03. The third-order valence-electron chi connectivity index (χ3n) is 3.11. The van der Waals surface area contributed by atoms with Crippen molar-refractivity contribution in [3.63, 3.8) is 0 Å². The minimum atomic E-state index is -3.56. The van der Waals surface area contributed by atoms with Gasteiger partial charge in [0.05, 0.1) is 24.0 Å². The molecule has 0 spiro atoms. The molecule has 0 radical (unpaired) electrons. The lowest BCUT2D eigenvalue weighted by atomic mass is 10.2. The van der Waals surface area contributed by atoms with Crippen molar-refractivity contribution in [2.75, 3.05) is 14.2 Å². The number of sulfone groups is 1. The second kappa shape index (κ2) is 10.7. The third kappa shape index (κ3) is 4.99. The van der Waals surface area contributed by atoms with E-state index in [1.54, 1.807) is 37.3 Å². The fourth-order valence-electron chi connectivity index (χ4n) is 1.99. The minimum Gasteiger partial charge on any atom is -0.497 e. The molecule has 0 amide bonds. The maximum absolute atomic E-state index is 12.6. The summed E-state index contributed by atoms with van der Waals surface area (Å²) in [6.07, 6.45) is 0. The molecule has 2 aromatic carbocycles. The van der Waals surface area contributed by atoms with E-state index in [2.05, 4.69) is 0 Å². The normalized spacial score (nSPS) is 9.79. The van der Waals surface area contributed by atoms with Gasteiger partial charge in [-0.3, -0.25) is 0 Å². The Balaban J connectivity index is 0.00000123. The summed E-state index contributed by atoms with van der Waals surface area (Å²) in [5, 5.41) is 0. The Morgan fingerprint density at radius 3 is 1.79 bits per heavy atom. The largest absolute Gasteiger partial charge is 0.497 e. The molecule has 134 valence electrons. The molecule has 24 heavy (non-hydrogen) atoms. The number of benzene rings is 2. The zero-order valence-corrected chi connectivity index (χ0v) is 16.4. The summed E-state index contributed by atoms with van der Waals surface area (Å²) in [4.78, 5) is 0.483. The summed E-state index contributed by atoms with van der Waals surface area (Å²) < 4.78 is 35.5. The topological polar surface area (TPSA) is 52.6 Å². The summed E-state index contributed by atoms with van der Waals surface area (Å²) in [5.41, 5.74) is 0.603. The Morgan fingerprint density at radius 1 is 0.792 bits per heavy atom. The van der Waals surface area contributed by atoms with Crippen molar-refractivity contribution in [3.05, 3.63) is 48.0 Å². The van der Waals surface area contributed by atoms with Crippen LogP contribution in [-0.4, -0.2) is 22.6 Å². The zero-order valence-electron chi connectivity index (χ0n) is 15.6. The van der Waals surface area contributed by atoms with Gasteiger partial charge in [0.1, 0.15) is 11.5 Å². The molecule has 2 rings (SSSR count). The molecule has 4 nitrogen and oxygen atoms in total. The van der Waals surface area contributed by atoms with Gasteiger partial charge < -0.3 is 9.47 Å². The maximum Gasteiger partial charge on any atom is 0.206 e. The average Bonchev–Trinajstić information content (AvgIpc) is 2.65. The van der Waals surface area contributed by atoms with Gasteiger partial charge in [-0.25, -0.2) is 8.42 Å². The first kappa shape index (κ1) is 22.0. The summed E-state index contributed by atoms with van der Waals surface area (Å²) in [5.74, 6) is 1.17. The quantitative estimate of drug-likeness (QED) is 0.785. The van der Waals surface area contributed by atoms with Crippen LogP contribution in [0.4, 0.5) is 0 Å². The molecule has 0 aliphatic heterocycles. The van der Waals surface area contributed by atoms with E-state index in [9.17, 15) is 8.42 Å². The highest BCUT2D eigenvalue weighted by atomic mass is 32.2. The van der Waals surface area contributed by atoms with Crippen LogP contribution < -0.4 is 9.47 Å². The molecule has 2 aromatic rings. The highest BCUT2D eigenvalue weighted by Gasteiger charge is 2.21. The lowest BCUT2D eigenvalue weighted by molar-refractivity contribution is 0.410. The first-order valence-electron chi connectivity index (χ1n) is 8.03. The molecule has 0 saturated carbocycles. The summed E-state index contributed by atoms with van der Waals surface area (Å²) in [6, 6.07) is 11.3. The molecular weight excluding hydrogens is 324 g/mol. The number of ether oxygens (including phenoxy) is 2. The predicted octanol–water partition coefficient (Wildman–Crippen LogP) is 4.90. The van der Waals surface area contributed by atoms with Crippen molar-refractivity contribution >= 4 is 9.84 Å². The van der Waals surface area contributed by atoms with E-state index < -0.39 is 9.84 Å². The maximum atomic E-state index is 12.6. The average molecular weight is 352 g/mol. The Hall–Kier alpha value is -2.01. The summed E-state index contributed by atoms with van der Waals surface area (Å²) in [6.45, 7) is 9.73. The van der Waals surface area contributed by atoms with Gasteiger partial charge in [0.2, 0.25) is 9.84 Å². The molecule has 0 atom stereocenters. The van der Waals surface area contributed by atoms with Gasteiger partial charge in [0, 0.05) is 5.56 Å². The smallest absolute Gasteiger partial charge is 0.206 e. The van der Waals surface area contributed by atoms with Crippen molar-refractivity contribution in [1.82, 2.24) is 0 Å². The van der Waals surface area contributed by atoms with Crippen LogP contribution in [0, 0.1) is 6.92 Å². The summed E-state index contributed by atoms with van der Waals surface area (Å²) in [7, 11) is -0.505. The molecule has 0 bridgehead atoms. The van der Waals surface area contributed by atoms with Crippen LogP contribution in [0.1, 0.15) is 33.3 Å². The number of hydrogen-bond donors (Lipinski definition) is 0. The number of rotatable bonds is 4. The van der Waals surface area contributed by atoms with E-state index in [0.717, 1.165) is 0 Å². The fraction of sp³-hybridized carbons (Fsp3) is 0.368. The van der Waals surface area contributed by atoms with Crippen molar-refractivity contribution in [3.8, 4) is 11.5 Å². The lowest BCUT2D eigenvalue weighted by Gasteiger charge is -2.11. The first-order chi connectivity index (χ1) is 11.5. The number of hydrogen-bond acceptors (Lipinski definition) is 4. The first-order valence-corrected chi connectivity index (χ1v) is 9.51. The van der Waals surface area contributed by atoms with Crippen molar-refractivity contribution in [1.29, 1.82) is 0 Å². The molecular formula is C19H28O4S. The van der Waals surface area contributed by atoms with Crippen LogP contribution in [0.3, 0.4) is 0 Å². The molecule has 0 unspecified atom stereocenters. The van der Waals surface area contributed by atoms with Crippen LogP contribution in [0.15, 0.2) is 52.3 Å². The number of methoxy groups -OCH3 is 2. The van der Waals surface area contributed by atoms with Crippen LogP contribution in [0.5, 0.6) is 11.5 Å². The molecule has 0 saturated heterocycles. The van der Waals surface area contributed by atoms with Crippen molar-refractivity contribution in [2.45, 2.75) is 44.4 Å². The molecule has 0 fully saturated rings. The van der Waals surface area contributed by atoms with Crippen LogP contribution in [-0.2, 0) is 9.84 Å². The van der Waals surface area contributed by atoms with E-state index in [-0.39, 0.29) is 9.79 Å². The highest BCUT2D eigenvalue weighted by molar-refractivity contribution is 7.91. The fourth-order valence-corrected chi connectivity index (χ4v) is 3.50. The van der Waals surface area contributed by atoms with Gasteiger partial charge in [-0.15, -0.1) is 0 Å². The van der Waals surface area contributed by atoms with Gasteiger partial charge >= 0.3 is 0 Å². The second-order valence-corrected chi connectivity index (χ2v) is 6.18. The Kier molecular flexibility index (Phi) is 9.81. The highest BCUT2D eigenvalue weighted by Crippen LogP contribution is 2.30. The Bertz CT molecular complexity index is 705. The minimum absolute atomic E-state index is 0.231. The molecule has 5 heteroatoms. The van der Waals surface area contributed by atoms with E-state index in [1.165, 1.54) is 26.4 Å². The van der Waals surface area contributed by atoms with E-state index in [0.29, 0.717) is 17.1 Å². The van der Waals surface area contributed by atoms with Crippen molar-refractivity contribution < 1.29 is 17.9 Å². The van der Waals surface area contributed by atoms with Crippen molar-refractivity contribution in [2.24, 2.45) is 0 Å². The molecule has 0 aliphatic rings. The van der Waals surface area contributed by atoms with Crippen LogP contribution >= 0.6 is 0 Å². The van der Waals surface area contributed by atoms with Gasteiger partial charge in [-0.1, -0.05) is 33.8 Å². The summed E-state index contributed by atoms with van der Waals surface area (Å²) >= 11 is 0. The lowest BCUT2D eigenvalue weighted by Crippen LogP contribution is -2.05. The predicted molar refractivity (Wildman–Crippen MR) is 98.9 cm³/mol. The van der Waals surface area contributed by atoms with Gasteiger partial charge in [0.25, 0.3) is 0 Å². The van der Waals surface area contributed by atoms with E-state index in [4.69, 9.17) is 9.47 Å². The van der Waals surface area contributed by atoms with E-state index in [1.807, 2.05) is 27.7 Å². The standard InChI is InChI=1S/C15H16O4S.2C2H6/c1-11-14(19-3)5-4-6-15(11)20(16,17)13-9-7-12(18-2)8-10-13;2*1-2/h4-10H,1-3H3;2*1-2H3. The molecule has 0 aromatic heterocycles. The molecule has 0 heterocycles. The SMILES string of the molecule is CC.CC.COc1ccc(S(=O)(=O)c2cccc(OC)c2C)cc1. The monoisotopic (exact) mass is 352 g/mol. The second-order valence-electron chi connectivity index (χ2n) is 4.26. The molecule has 0 aliphatic carbocycles. The van der Waals surface area contributed by atoms with Gasteiger partial charge in [-0.05, 0) is 43.3 Å². The van der Waals surface area contributed by atoms with Gasteiger partial charge in [0.15, 0.2) is 0 Å². The van der Waals surface area contributed by atoms with E-state index >= 15 is 0 Å². The zero-order chi connectivity index (χ0) is 18.8. The Morgan fingerprint density at radius 2 is 1.33 bits per heavy atom.